The second kappa shape index (κ2) is 24.5. The van der Waals surface area contributed by atoms with Crippen molar-refractivity contribution in [3.05, 3.63) is 177 Å². The van der Waals surface area contributed by atoms with Crippen molar-refractivity contribution in [1.82, 2.24) is 29.8 Å². The molecule has 13 nitrogen and oxygen atoms in total. The molecular formula is C56H67BBr3N9O4. The first-order valence-corrected chi connectivity index (χ1v) is 26.0. The molecule has 0 bridgehead atoms. The Bertz CT molecular complexity index is 3300. The molecular weight excluding hydrogens is 1110 g/mol. The van der Waals surface area contributed by atoms with Gasteiger partial charge in [0, 0.05) is 66.7 Å². The molecule has 0 atom stereocenters. The van der Waals surface area contributed by atoms with E-state index in [0.717, 1.165) is 68.8 Å². The fraction of sp³-hybridized carbons (Fsp3) is 0.304. The van der Waals surface area contributed by atoms with Gasteiger partial charge in [-0.1, -0.05) is 78.1 Å². The number of aromatic nitrogens is 6. The molecule has 0 saturated carbocycles. The minimum atomic E-state index is -0.359. The number of halogens is 3. The molecule has 384 valence electrons. The molecule has 1 fully saturated rings. The van der Waals surface area contributed by atoms with E-state index in [-0.39, 0.29) is 28.9 Å². The molecule has 1 aliphatic rings. The molecule has 5 N–H and O–H groups in total. The van der Waals surface area contributed by atoms with Crippen LogP contribution in [0.15, 0.2) is 117 Å². The Morgan fingerprint density at radius 2 is 1.03 bits per heavy atom. The van der Waals surface area contributed by atoms with Gasteiger partial charge in [0.25, 0.3) is 5.69 Å². The topological polar surface area (TPSA) is 178 Å². The number of nitro benzene ring substituents is 1. The average Bonchev–Trinajstić information content (AvgIpc) is 4.07. The Balaban J connectivity index is 0.000000167. The number of nitrogens with zero attached hydrogens (tertiary/aromatic N) is 6. The van der Waals surface area contributed by atoms with Gasteiger partial charge in [0.05, 0.1) is 51.3 Å². The average molecular weight is 1180 g/mol. The number of aromatic amines is 1. The van der Waals surface area contributed by atoms with Crippen molar-refractivity contribution in [3.8, 4) is 0 Å². The van der Waals surface area contributed by atoms with Crippen LogP contribution in [0.25, 0.3) is 32.7 Å². The maximum absolute atomic E-state index is 10.4. The largest absolute Gasteiger partial charge is 0.495 e. The Morgan fingerprint density at radius 3 is 1.55 bits per heavy atom. The number of nitrogens with one attached hydrogen (secondary N) is 1. The molecule has 0 radical (unpaired) electrons. The number of hydrogen-bond donors (Lipinski definition) is 3. The Hall–Kier alpha value is -5.85. The van der Waals surface area contributed by atoms with Crippen molar-refractivity contribution < 1.29 is 14.2 Å². The van der Waals surface area contributed by atoms with Crippen LogP contribution in [0.1, 0.15) is 77.8 Å². The van der Waals surface area contributed by atoms with E-state index in [1.807, 2.05) is 107 Å². The van der Waals surface area contributed by atoms with Crippen LogP contribution in [0.5, 0.6) is 0 Å². The minimum absolute atomic E-state index is 0.199. The number of nitrogens with two attached hydrogens (primary N) is 2. The van der Waals surface area contributed by atoms with Gasteiger partial charge in [-0.2, -0.15) is 15.3 Å². The first-order chi connectivity index (χ1) is 34.1. The summed E-state index contributed by atoms with van der Waals surface area (Å²) in [6.07, 6.45) is 5.57. The molecule has 0 spiro atoms. The maximum atomic E-state index is 10.4. The molecule has 4 heterocycles. The highest BCUT2D eigenvalue weighted by Gasteiger charge is 2.52. The number of benzene rings is 6. The third-order valence-corrected chi connectivity index (χ3v) is 15.5. The smallest absolute Gasteiger partial charge is 0.399 e. The zero-order valence-corrected chi connectivity index (χ0v) is 49.3. The van der Waals surface area contributed by atoms with Crippen molar-refractivity contribution >= 4 is 110 Å². The van der Waals surface area contributed by atoms with Crippen molar-refractivity contribution in [3.63, 3.8) is 0 Å². The summed E-state index contributed by atoms with van der Waals surface area (Å²) in [4.78, 5) is 10.0. The lowest BCUT2D eigenvalue weighted by Gasteiger charge is -2.32. The molecule has 0 aliphatic carbocycles. The van der Waals surface area contributed by atoms with Crippen LogP contribution < -0.4 is 16.9 Å². The van der Waals surface area contributed by atoms with Gasteiger partial charge < -0.3 is 20.8 Å². The molecule has 3 aromatic heterocycles. The Kier molecular flexibility index (Phi) is 19.4. The first kappa shape index (κ1) is 58.0. The summed E-state index contributed by atoms with van der Waals surface area (Å²) in [5.74, 6) is 0. The van der Waals surface area contributed by atoms with Gasteiger partial charge in [-0.25, -0.2) is 0 Å². The van der Waals surface area contributed by atoms with Crippen LogP contribution in [0.4, 0.5) is 17.1 Å². The van der Waals surface area contributed by atoms with Crippen molar-refractivity contribution in [2.24, 2.45) is 14.1 Å². The summed E-state index contributed by atoms with van der Waals surface area (Å²) in [5.41, 5.74) is 27.0. The standard InChI is InChI=1S/C15H21BN2O2.C9H9BrN2.C8H7BrN2.C8H10BrN.C8H9NO2.C8H11N/c1-10-7-13-11(9-17-18(13)6)8-12(10)16-19-14(2,3)15(4,5)20-16;1-6-3-9-7(4-8(6)10)5-11-12(9)2;1-5-2-8-6(3-7(5)9)4-10-11-8;1-5-4-8(10)6(2)3-7(5)9;1-6-3-4-7(2)8(5-6)9(10)11;1-6-3-4-7(2)8(9)5-6/h7-9H,1-6H3;3-5H,1-2H3;2-4H,1H3,(H,10,11);3-4H,10H2,1-2H3;3-5H,1-2H3;3-5H,9H2,1-2H3. The summed E-state index contributed by atoms with van der Waals surface area (Å²) in [6.45, 7) is 26.2. The highest BCUT2D eigenvalue weighted by atomic mass is 79.9. The molecule has 0 amide bonds. The lowest BCUT2D eigenvalue weighted by Crippen LogP contribution is -2.41. The molecule has 73 heavy (non-hydrogen) atoms. The molecule has 0 unspecified atom stereocenters. The highest BCUT2D eigenvalue weighted by Crippen LogP contribution is 2.37. The quantitative estimate of drug-likeness (QED) is 0.0658. The zero-order chi connectivity index (χ0) is 54.3. The fourth-order valence-electron chi connectivity index (χ4n) is 7.37. The number of H-pyrrole nitrogens is 1. The molecule has 17 heteroatoms. The van der Waals surface area contributed by atoms with Crippen LogP contribution >= 0.6 is 47.8 Å². The third kappa shape index (κ3) is 14.9. The molecule has 9 aromatic rings. The summed E-state index contributed by atoms with van der Waals surface area (Å²) in [6, 6.07) is 27.9. The van der Waals surface area contributed by atoms with E-state index in [4.69, 9.17) is 20.8 Å². The van der Waals surface area contributed by atoms with Crippen molar-refractivity contribution in [2.45, 2.75) is 101 Å². The lowest BCUT2D eigenvalue weighted by molar-refractivity contribution is -0.385. The van der Waals surface area contributed by atoms with E-state index in [1.54, 1.807) is 19.1 Å². The van der Waals surface area contributed by atoms with E-state index in [2.05, 4.69) is 159 Å². The summed E-state index contributed by atoms with van der Waals surface area (Å²) < 4.78 is 19.4. The molecule has 6 aromatic carbocycles. The van der Waals surface area contributed by atoms with Crippen molar-refractivity contribution in [2.75, 3.05) is 11.5 Å². The van der Waals surface area contributed by atoms with Crippen LogP contribution in [0, 0.1) is 72.4 Å². The monoisotopic (exact) mass is 1180 g/mol. The maximum Gasteiger partial charge on any atom is 0.495 e. The Labute approximate surface area is 455 Å². The number of nitrogen functional groups attached to an aromatic ring is 2. The highest BCUT2D eigenvalue weighted by molar-refractivity contribution is 9.11. The number of anilines is 2. The van der Waals surface area contributed by atoms with Gasteiger partial charge in [-0.05, 0) is 189 Å². The lowest BCUT2D eigenvalue weighted by atomic mass is 9.76. The normalized spacial score (nSPS) is 13.1. The van der Waals surface area contributed by atoms with Crippen LogP contribution in [-0.4, -0.2) is 53.0 Å². The SMILES string of the molecule is Cc1cc(Br)c(C)cc1N.Cc1cc2[nH]ncc2cc1Br.Cc1cc2c(cnn2C)cc1B1OC(C)(C)C(C)(C)O1.Cc1cc2c(cnn2C)cc1Br.Cc1ccc(C)c(N)c1.Cc1ccc(C)c([N+](=O)[O-])c1. The molecule has 10 rings (SSSR count). The van der Waals surface area contributed by atoms with E-state index >= 15 is 0 Å². The van der Waals surface area contributed by atoms with Gasteiger partial charge in [-0.15, -0.1) is 0 Å². The van der Waals surface area contributed by atoms with Gasteiger partial charge in [0.15, 0.2) is 0 Å². The zero-order valence-electron chi connectivity index (χ0n) is 44.5. The van der Waals surface area contributed by atoms with E-state index in [0.29, 0.717) is 5.56 Å². The number of aryl methyl sites for hydroxylation is 11. The number of hydrogen-bond acceptors (Lipinski definition) is 9. The number of rotatable bonds is 2. The van der Waals surface area contributed by atoms with E-state index < -0.39 is 0 Å². The van der Waals surface area contributed by atoms with Crippen molar-refractivity contribution in [1.29, 1.82) is 0 Å². The number of fused-ring (bicyclic) bond motifs is 3. The predicted molar refractivity (Wildman–Crippen MR) is 314 cm³/mol. The summed E-state index contributed by atoms with van der Waals surface area (Å²) >= 11 is 10.4. The fourth-order valence-corrected chi connectivity index (χ4v) is 8.55. The molecule has 1 aliphatic heterocycles. The van der Waals surface area contributed by atoms with Gasteiger partial charge in [0.1, 0.15) is 0 Å². The van der Waals surface area contributed by atoms with Gasteiger partial charge >= 0.3 is 7.12 Å². The Morgan fingerprint density at radius 1 is 0.562 bits per heavy atom. The van der Waals surface area contributed by atoms with Crippen LogP contribution in [0.3, 0.4) is 0 Å². The summed E-state index contributed by atoms with van der Waals surface area (Å²) in [7, 11) is 3.59. The second-order valence-corrected chi connectivity index (χ2v) is 22.0. The second-order valence-electron chi connectivity index (χ2n) is 19.5. The molecule has 1 saturated heterocycles. The minimum Gasteiger partial charge on any atom is -0.399 e. The number of nitro groups is 1. The van der Waals surface area contributed by atoms with Crippen LogP contribution in [-0.2, 0) is 23.4 Å². The van der Waals surface area contributed by atoms with Gasteiger partial charge in [0.2, 0.25) is 0 Å². The van der Waals surface area contributed by atoms with Crippen LogP contribution in [0.2, 0.25) is 0 Å². The van der Waals surface area contributed by atoms with E-state index in [9.17, 15) is 10.1 Å². The predicted octanol–water partition coefficient (Wildman–Crippen LogP) is 14.2. The van der Waals surface area contributed by atoms with E-state index in [1.165, 1.54) is 38.7 Å². The summed E-state index contributed by atoms with van der Waals surface area (Å²) in [5, 5.41) is 29.1. The first-order valence-electron chi connectivity index (χ1n) is 23.6. The third-order valence-electron chi connectivity index (χ3n) is 12.9. The van der Waals surface area contributed by atoms with Gasteiger partial charge in [-0.3, -0.25) is 24.6 Å².